The van der Waals surface area contributed by atoms with E-state index in [9.17, 15) is 13.5 Å². The van der Waals surface area contributed by atoms with Gasteiger partial charge < -0.3 is 14.7 Å². The summed E-state index contributed by atoms with van der Waals surface area (Å²) in [7, 11) is -3.34. The van der Waals surface area contributed by atoms with Crippen LogP contribution in [-0.2, 0) is 25.6 Å². The molecule has 1 aromatic carbocycles. The maximum absolute atomic E-state index is 12.5. The van der Waals surface area contributed by atoms with Crippen molar-refractivity contribution in [1.82, 2.24) is 15.0 Å². The lowest BCUT2D eigenvalue weighted by molar-refractivity contribution is -0.0507. The number of aliphatic hydroxyl groups is 1. The highest BCUT2D eigenvalue weighted by Crippen LogP contribution is 2.48. The Morgan fingerprint density at radius 3 is 2.45 bits per heavy atom. The van der Waals surface area contributed by atoms with Gasteiger partial charge >= 0.3 is 0 Å². The van der Waals surface area contributed by atoms with E-state index in [1.54, 1.807) is 57.6 Å². The maximum Gasteiger partial charge on any atom is 0.229 e. The SMILES string of the molecule is CCS(=O)(=O)c1ccc2c(c1)N(c1ncc(-c3cc(C(C)(C)O)ccn3)cn1)CC21COC1. The number of sulfone groups is 1. The Balaban J connectivity index is 1.52. The van der Waals surface area contributed by atoms with Gasteiger partial charge in [-0.15, -0.1) is 0 Å². The molecule has 3 aromatic rings. The Morgan fingerprint density at radius 2 is 1.85 bits per heavy atom. The Labute approximate surface area is 193 Å². The zero-order chi connectivity index (χ0) is 23.4. The maximum atomic E-state index is 12.5. The molecule has 1 N–H and O–H groups in total. The van der Waals surface area contributed by atoms with E-state index in [1.807, 2.05) is 17.0 Å². The molecule has 0 bridgehead atoms. The first-order valence-electron chi connectivity index (χ1n) is 10.9. The van der Waals surface area contributed by atoms with Crippen molar-refractivity contribution < 1.29 is 18.3 Å². The van der Waals surface area contributed by atoms with Crippen LogP contribution in [0.15, 0.2) is 53.8 Å². The second-order valence-corrected chi connectivity index (χ2v) is 11.5. The summed E-state index contributed by atoms with van der Waals surface area (Å²) >= 11 is 0. The molecule has 5 rings (SSSR count). The van der Waals surface area contributed by atoms with Gasteiger partial charge in [-0.25, -0.2) is 18.4 Å². The van der Waals surface area contributed by atoms with E-state index in [0.29, 0.717) is 36.3 Å². The summed E-state index contributed by atoms with van der Waals surface area (Å²) in [5, 5.41) is 10.3. The molecular formula is C24H26N4O4S. The predicted octanol–water partition coefficient (Wildman–Crippen LogP) is 2.98. The molecule has 4 heterocycles. The molecule has 0 atom stereocenters. The number of hydrogen-bond donors (Lipinski definition) is 1. The molecular weight excluding hydrogens is 440 g/mol. The van der Waals surface area contributed by atoms with Crippen LogP contribution in [0.4, 0.5) is 11.6 Å². The second kappa shape index (κ2) is 7.58. The number of benzene rings is 1. The Kier molecular flexibility index (Phi) is 5.04. The summed E-state index contributed by atoms with van der Waals surface area (Å²) in [4.78, 5) is 15.8. The van der Waals surface area contributed by atoms with Crippen LogP contribution in [-0.4, -0.2) is 54.0 Å². The molecule has 0 radical (unpaired) electrons. The van der Waals surface area contributed by atoms with Gasteiger partial charge in [0.15, 0.2) is 9.84 Å². The van der Waals surface area contributed by atoms with E-state index < -0.39 is 15.4 Å². The van der Waals surface area contributed by atoms with Gasteiger partial charge in [0.25, 0.3) is 0 Å². The minimum absolute atomic E-state index is 0.0436. The highest BCUT2D eigenvalue weighted by Gasteiger charge is 2.49. The first-order chi connectivity index (χ1) is 15.6. The van der Waals surface area contributed by atoms with Crippen LogP contribution >= 0.6 is 0 Å². The summed E-state index contributed by atoms with van der Waals surface area (Å²) < 4.78 is 30.5. The molecule has 8 nitrogen and oxygen atoms in total. The van der Waals surface area contributed by atoms with E-state index in [2.05, 4.69) is 15.0 Å². The molecule has 0 aliphatic carbocycles. The van der Waals surface area contributed by atoms with Gasteiger partial charge in [-0.2, -0.15) is 0 Å². The van der Waals surface area contributed by atoms with E-state index in [0.717, 1.165) is 22.4 Å². The van der Waals surface area contributed by atoms with E-state index >= 15 is 0 Å². The van der Waals surface area contributed by atoms with Crippen molar-refractivity contribution in [3.63, 3.8) is 0 Å². The highest BCUT2D eigenvalue weighted by molar-refractivity contribution is 7.91. The third kappa shape index (κ3) is 3.70. The average Bonchev–Trinajstić information content (AvgIpc) is 3.14. The molecule has 1 fully saturated rings. The average molecular weight is 467 g/mol. The molecule has 2 aliphatic rings. The van der Waals surface area contributed by atoms with Crippen LogP contribution in [0, 0.1) is 0 Å². The van der Waals surface area contributed by atoms with E-state index in [-0.39, 0.29) is 11.2 Å². The van der Waals surface area contributed by atoms with Crippen molar-refractivity contribution in [1.29, 1.82) is 0 Å². The fourth-order valence-electron chi connectivity index (χ4n) is 4.35. The molecule has 1 spiro atoms. The molecule has 0 saturated carbocycles. The van der Waals surface area contributed by atoms with Gasteiger partial charge in [-0.1, -0.05) is 13.0 Å². The molecule has 9 heteroatoms. The topological polar surface area (TPSA) is 106 Å². The number of pyridine rings is 1. The quantitative estimate of drug-likeness (QED) is 0.612. The van der Waals surface area contributed by atoms with Gasteiger partial charge in [-0.3, -0.25) is 4.98 Å². The largest absolute Gasteiger partial charge is 0.386 e. The first kappa shape index (κ1) is 21.9. The van der Waals surface area contributed by atoms with Crippen molar-refractivity contribution in [3.8, 4) is 11.3 Å². The summed E-state index contributed by atoms with van der Waals surface area (Å²) in [5.74, 6) is 0.538. The van der Waals surface area contributed by atoms with Gasteiger partial charge in [0.1, 0.15) is 0 Å². The third-order valence-electron chi connectivity index (χ3n) is 6.43. The number of aromatic nitrogens is 3. The molecule has 33 heavy (non-hydrogen) atoms. The van der Waals surface area contributed by atoms with Crippen LogP contribution in [0.2, 0.25) is 0 Å². The van der Waals surface area contributed by atoms with E-state index in [1.165, 1.54) is 0 Å². The van der Waals surface area contributed by atoms with Crippen molar-refractivity contribution >= 4 is 21.5 Å². The summed E-state index contributed by atoms with van der Waals surface area (Å²) in [6.45, 7) is 6.89. The Morgan fingerprint density at radius 1 is 1.12 bits per heavy atom. The summed E-state index contributed by atoms with van der Waals surface area (Å²) in [6, 6.07) is 8.92. The number of hydrogen-bond acceptors (Lipinski definition) is 8. The Hall–Kier alpha value is -2.88. The number of anilines is 2. The van der Waals surface area contributed by atoms with Crippen molar-refractivity contribution in [2.24, 2.45) is 0 Å². The normalized spacial score (nSPS) is 17.2. The predicted molar refractivity (Wildman–Crippen MR) is 124 cm³/mol. The zero-order valence-electron chi connectivity index (χ0n) is 18.8. The molecule has 172 valence electrons. The molecule has 2 aromatic heterocycles. The molecule has 0 unspecified atom stereocenters. The van der Waals surface area contributed by atoms with Crippen LogP contribution in [0.25, 0.3) is 11.3 Å². The van der Waals surface area contributed by atoms with Gasteiger partial charge in [0.2, 0.25) is 5.95 Å². The van der Waals surface area contributed by atoms with Crippen LogP contribution in [0.3, 0.4) is 0 Å². The standard InChI is InChI=1S/C24H26N4O4S/c1-4-33(30,31)18-5-6-19-21(10-18)28(13-24(19)14-32-15-24)22-26-11-16(12-27-22)20-9-17(7-8-25-20)23(2,3)29/h5-12,29H,4,13-15H2,1-3H3. The Bertz CT molecular complexity index is 1310. The van der Waals surface area contributed by atoms with Crippen LogP contribution in [0.5, 0.6) is 0 Å². The first-order valence-corrected chi connectivity index (χ1v) is 12.5. The summed E-state index contributed by atoms with van der Waals surface area (Å²) in [6.07, 6.45) is 5.06. The van der Waals surface area contributed by atoms with Crippen molar-refractivity contribution in [2.75, 3.05) is 30.4 Å². The highest BCUT2D eigenvalue weighted by atomic mass is 32.2. The van der Waals surface area contributed by atoms with Crippen LogP contribution < -0.4 is 4.90 Å². The van der Waals surface area contributed by atoms with Crippen LogP contribution in [0.1, 0.15) is 31.9 Å². The molecule has 0 amide bonds. The fraction of sp³-hybridized carbons (Fsp3) is 0.375. The lowest BCUT2D eigenvalue weighted by Crippen LogP contribution is -2.49. The third-order valence-corrected chi connectivity index (χ3v) is 8.16. The van der Waals surface area contributed by atoms with Crippen molar-refractivity contribution in [3.05, 3.63) is 60.0 Å². The zero-order valence-corrected chi connectivity index (χ0v) is 19.6. The number of nitrogens with zero attached hydrogens (tertiary/aromatic N) is 4. The lowest BCUT2D eigenvalue weighted by Gasteiger charge is -2.38. The summed E-state index contributed by atoms with van der Waals surface area (Å²) in [5.41, 5.74) is 2.87. The second-order valence-electron chi connectivity index (χ2n) is 9.20. The fourth-order valence-corrected chi connectivity index (χ4v) is 5.25. The number of fused-ring (bicyclic) bond motifs is 2. The number of ether oxygens (including phenoxy) is 1. The van der Waals surface area contributed by atoms with Crippen molar-refractivity contribution in [2.45, 2.75) is 36.7 Å². The van der Waals surface area contributed by atoms with E-state index in [4.69, 9.17) is 4.74 Å². The minimum atomic E-state index is -3.34. The van der Waals surface area contributed by atoms with Gasteiger partial charge in [-0.05, 0) is 49.2 Å². The number of rotatable bonds is 5. The molecule has 1 saturated heterocycles. The lowest BCUT2D eigenvalue weighted by atomic mass is 9.81. The monoisotopic (exact) mass is 466 g/mol. The smallest absolute Gasteiger partial charge is 0.229 e. The minimum Gasteiger partial charge on any atom is -0.386 e. The van der Waals surface area contributed by atoms with Gasteiger partial charge in [0.05, 0.1) is 40.6 Å². The molecule has 2 aliphatic heterocycles. The van der Waals surface area contributed by atoms with Gasteiger partial charge in [0, 0.05) is 36.4 Å².